The molecule has 0 bridgehead atoms. The van der Waals surface area contributed by atoms with Crippen molar-refractivity contribution in [3.8, 4) is 0 Å². The molecule has 0 aliphatic rings. The molecule has 0 radical (unpaired) electrons. The normalized spacial score (nSPS) is 0. The van der Waals surface area contributed by atoms with Gasteiger partial charge in [-0.1, -0.05) is 0 Å². The summed E-state index contributed by atoms with van der Waals surface area (Å²) in [6.07, 6.45) is 0. The summed E-state index contributed by atoms with van der Waals surface area (Å²) >= 11 is 0. The second kappa shape index (κ2) is 20.9. The molecular weight excluding hydrogens is 129 g/mol. The molecule has 0 unspecified atom stereocenters. The van der Waals surface area contributed by atoms with E-state index in [-0.39, 0.29) is 66.8 Å². The van der Waals surface area contributed by atoms with Crippen LogP contribution in [0.25, 0.3) is 0 Å². The minimum atomic E-state index is 0. The SMILES string of the molecule is [Cl-].[Cl-].[Cl-].[Na+]. The van der Waals surface area contributed by atoms with E-state index in [4.69, 9.17) is 0 Å². The second-order valence-corrected chi connectivity index (χ2v) is 0. The molecule has 0 saturated carbocycles. The van der Waals surface area contributed by atoms with Gasteiger partial charge in [-0.3, -0.25) is 0 Å². The van der Waals surface area contributed by atoms with E-state index in [1.807, 2.05) is 0 Å². The fraction of sp³-hybridized carbons (Fsp3) is 0. The largest absolute Gasteiger partial charge is 1.00 e. The fourth-order valence-corrected chi connectivity index (χ4v) is 0. The van der Waals surface area contributed by atoms with Crippen molar-refractivity contribution in [1.82, 2.24) is 0 Å². The number of hydrogen-bond acceptors (Lipinski definition) is 0. The van der Waals surface area contributed by atoms with Crippen LogP contribution in [0.5, 0.6) is 0 Å². The van der Waals surface area contributed by atoms with Crippen LogP contribution >= 0.6 is 0 Å². The zero-order valence-electron chi connectivity index (χ0n) is 2.13. The Kier molecular flexibility index (Phi) is 208. The summed E-state index contributed by atoms with van der Waals surface area (Å²) < 4.78 is 0. The van der Waals surface area contributed by atoms with Crippen LogP contribution in [-0.4, -0.2) is 0 Å². The van der Waals surface area contributed by atoms with Crippen molar-refractivity contribution >= 4 is 0 Å². The van der Waals surface area contributed by atoms with Crippen LogP contribution in [0, 0.1) is 0 Å². The molecular formula is Cl3Na-2. The third-order valence-corrected chi connectivity index (χ3v) is 0. The second-order valence-electron chi connectivity index (χ2n) is 0. The number of halogens is 3. The van der Waals surface area contributed by atoms with Crippen LogP contribution in [0.4, 0.5) is 0 Å². The van der Waals surface area contributed by atoms with Gasteiger partial charge in [-0.25, -0.2) is 0 Å². The third kappa shape index (κ3) is 9.12. The molecule has 0 aliphatic carbocycles. The Labute approximate surface area is 66.2 Å². The molecule has 0 atom stereocenters. The van der Waals surface area contributed by atoms with E-state index in [0.29, 0.717) is 0 Å². The Hall–Kier alpha value is 1.87. The summed E-state index contributed by atoms with van der Waals surface area (Å²) in [6.45, 7) is 0. The van der Waals surface area contributed by atoms with Crippen molar-refractivity contribution in [3.05, 3.63) is 0 Å². The quantitative estimate of drug-likeness (QED) is 0.285. The molecule has 0 aromatic carbocycles. The van der Waals surface area contributed by atoms with Crippen LogP contribution in [0.2, 0.25) is 0 Å². The molecule has 0 aromatic heterocycles. The molecule has 0 fully saturated rings. The van der Waals surface area contributed by atoms with Gasteiger partial charge in [0.25, 0.3) is 0 Å². The van der Waals surface area contributed by atoms with Crippen LogP contribution < -0.4 is 66.8 Å². The summed E-state index contributed by atoms with van der Waals surface area (Å²) in [5.41, 5.74) is 0. The third-order valence-electron chi connectivity index (χ3n) is 0. The van der Waals surface area contributed by atoms with Crippen LogP contribution in [0.3, 0.4) is 0 Å². The van der Waals surface area contributed by atoms with Crippen LogP contribution in [-0.2, 0) is 0 Å². The van der Waals surface area contributed by atoms with Crippen molar-refractivity contribution in [2.75, 3.05) is 0 Å². The minimum absolute atomic E-state index is 0. The molecule has 0 aliphatic heterocycles. The Morgan fingerprint density at radius 1 is 0.500 bits per heavy atom. The van der Waals surface area contributed by atoms with E-state index < -0.39 is 0 Å². The standard InChI is InChI=1S/3ClH.Na/h3*1H;/q;;;+1/p-3. The van der Waals surface area contributed by atoms with Gasteiger partial charge in [0, 0.05) is 0 Å². The fourth-order valence-electron chi connectivity index (χ4n) is 0. The maximum atomic E-state index is 0. The molecule has 0 spiro atoms. The molecule has 0 heterocycles. The number of hydrogen-bond donors (Lipinski definition) is 0. The van der Waals surface area contributed by atoms with Crippen LogP contribution in [0.1, 0.15) is 0 Å². The number of rotatable bonds is 0. The van der Waals surface area contributed by atoms with E-state index in [9.17, 15) is 0 Å². The predicted octanol–water partition coefficient (Wildman–Crippen LogP) is -12.0. The van der Waals surface area contributed by atoms with Gasteiger partial charge < -0.3 is 37.2 Å². The molecule has 0 rings (SSSR count). The predicted molar refractivity (Wildman–Crippen MR) is 0 cm³/mol. The first-order valence-electron chi connectivity index (χ1n) is 0. The van der Waals surface area contributed by atoms with Crippen molar-refractivity contribution in [3.63, 3.8) is 0 Å². The summed E-state index contributed by atoms with van der Waals surface area (Å²) in [5, 5.41) is 0. The monoisotopic (exact) mass is 128 g/mol. The zero-order valence-corrected chi connectivity index (χ0v) is 6.40. The zero-order chi connectivity index (χ0) is 0. The van der Waals surface area contributed by atoms with E-state index >= 15 is 0 Å². The summed E-state index contributed by atoms with van der Waals surface area (Å²) in [5.74, 6) is 0. The smallest absolute Gasteiger partial charge is 1.00 e. The van der Waals surface area contributed by atoms with Gasteiger partial charge in [0.2, 0.25) is 0 Å². The molecule has 4 heavy (non-hydrogen) atoms. The average molecular weight is 129 g/mol. The van der Waals surface area contributed by atoms with Crippen LogP contribution in [0.15, 0.2) is 0 Å². The Morgan fingerprint density at radius 2 is 0.500 bits per heavy atom. The van der Waals surface area contributed by atoms with Crippen molar-refractivity contribution < 1.29 is 66.8 Å². The Morgan fingerprint density at radius 3 is 0.500 bits per heavy atom. The maximum absolute atomic E-state index is 0. The van der Waals surface area contributed by atoms with Crippen molar-refractivity contribution in [1.29, 1.82) is 0 Å². The summed E-state index contributed by atoms with van der Waals surface area (Å²) in [6, 6.07) is 0. The maximum Gasteiger partial charge on any atom is 1.00 e. The molecule has 4 heteroatoms. The molecule has 0 aromatic rings. The summed E-state index contributed by atoms with van der Waals surface area (Å²) in [4.78, 5) is 0. The van der Waals surface area contributed by atoms with E-state index in [1.165, 1.54) is 0 Å². The van der Waals surface area contributed by atoms with E-state index in [2.05, 4.69) is 0 Å². The van der Waals surface area contributed by atoms with Gasteiger partial charge in [-0.2, -0.15) is 0 Å². The van der Waals surface area contributed by atoms with E-state index in [1.54, 1.807) is 0 Å². The summed E-state index contributed by atoms with van der Waals surface area (Å²) in [7, 11) is 0. The first-order valence-corrected chi connectivity index (χ1v) is 0. The average Bonchev–Trinajstić information content (AvgIpc) is 0. The minimum Gasteiger partial charge on any atom is -1.00 e. The first kappa shape index (κ1) is 39.8. The molecule has 0 N–H and O–H groups in total. The van der Waals surface area contributed by atoms with Gasteiger partial charge in [-0.05, 0) is 0 Å². The molecule has 24 valence electrons. The van der Waals surface area contributed by atoms with Gasteiger partial charge >= 0.3 is 29.6 Å². The van der Waals surface area contributed by atoms with Gasteiger partial charge in [0.15, 0.2) is 0 Å². The van der Waals surface area contributed by atoms with Crippen molar-refractivity contribution in [2.45, 2.75) is 0 Å². The molecule has 0 amide bonds. The van der Waals surface area contributed by atoms with E-state index in [0.717, 1.165) is 0 Å². The topological polar surface area (TPSA) is 0 Å². The molecule has 0 saturated heterocycles. The van der Waals surface area contributed by atoms with Gasteiger partial charge in [0.05, 0.1) is 0 Å². The first-order chi connectivity index (χ1) is 0. The Balaban J connectivity index is 0. The van der Waals surface area contributed by atoms with Crippen molar-refractivity contribution in [2.24, 2.45) is 0 Å². The Bertz CT molecular complexity index is 3.25. The van der Waals surface area contributed by atoms with Gasteiger partial charge in [0.1, 0.15) is 0 Å². The molecule has 0 nitrogen and oxygen atoms in total. The van der Waals surface area contributed by atoms with Gasteiger partial charge in [-0.15, -0.1) is 0 Å².